The van der Waals surface area contributed by atoms with E-state index >= 15 is 0 Å². The minimum Gasteiger partial charge on any atom is -0.507 e. The molecule has 0 heterocycles. The molecule has 2 rings (SSSR count). The Morgan fingerprint density at radius 3 is 2.00 bits per heavy atom. The molecule has 1 aliphatic carbocycles. The largest absolute Gasteiger partial charge is 0.507 e. The highest BCUT2D eigenvalue weighted by atomic mass is 16.3. The van der Waals surface area contributed by atoms with E-state index in [1.165, 1.54) is 29.5 Å². The van der Waals surface area contributed by atoms with Gasteiger partial charge in [-0.3, -0.25) is 0 Å². The molecule has 2 nitrogen and oxygen atoms in total. The molecular weight excluding hydrogens is 224 g/mol. The topological polar surface area (TPSA) is 40.5 Å². The van der Waals surface area contributed by atoms with Gasteiger partial charge >= 0.3 is 0 Å². The van der Waals surface area contributed by atoms with Crippen LogP contribution in [0.15, 0.2) is 0 Å². The van der Waals surface area contributed by atoms with E-state index in [4.69, 9.17) is 0 Å². The van der Waals surface area contributed by atoms with Gasteiger partial charge in [0.1, 0.15) is 5.75 Å². The van der Waals surface area contributed by atoms with Crippen LogP contribution in [0.25, 0.3) is 0 Å². The summed E-state index contributed by atoms with van der Waals surface area (Å²) in [5.74, 6) is 0.396. The van der Waals surface area contributed by atoms with Gasteiger partial charge in [-0.25, -0.2) is 0 Å². The highest BCUT2D eigenvalue weighted by molar-refractivity contribution is 5.57. The second-order valence-corrected chi connectivity index (χ2v) is 6.18. The molecule has 1 aromatic carbocycles. The Morgan fingerprint density at radius 2 is 1.50 bits per heavy atom. The van der Waals surface area contributed by atoms with Crippen molar-refractivity contribution in [2.45, 2.75) is 58.8 Å². The van der Waals surface area contributed by atoms with Gasteiger partial charge in [0, 0.05) is 11.0 Å². The first kappa shape index (κ1) is 13.4. The number of rotatable bonds is 2. The lowest BCUT2D eigenvalue weighted by Gasteiger charge is -2.31. The third-order valence-corrected chi connectivity index (χ3v) is 4.41. The smallest absolute Gasteiger partial charge is 0.122 e. The first-order chi connectivity index (χ1) is 8.40. The van der Waals surface area contributed by atoms with Gasteiger partial charge in [-0.15, -0.1) is 0 Å². The maximum atomic E-state index is 10.5. The van der Waals surface area contributed by atoms with Gasteiger partial charge in [0.25, 0.3) is 0 Å². The van der Waals surface area contributed by atoms with E-state index in [9.17, 15) is 10.2 Å². The van der Waals surface area contributed by atoms with Crippen molar-refractivity contribution < 1.29 is 10.2 Å². The Bertz CT molecular complexity index is 473. The van der Waals surface area contributed by atoms with E-state index in [1.807, 2.05) is 20.8 Å². The Kier molecular flexibility index (Phi) is 3.41. The zero-order valence-corrected chi connectivity index (χ0v) is 11.9. The molecule has 0 amide bonds. The zero-order chi connectivity index (χ0) is 13.5. The predicted octanol–water partition coefficient (Wildman–Crippen LogP) is 3.16. The minimum absolute atomic E-state index is 0.0552. The average Bonchev–Trinajstić information content (AvgIpc) is 2.36. The molecule has 0 saturated carbocycles. The molecule has 0 unspecified atom stereocenters. The lowest BCUT2D eigenvalue weighted by Crippen LogP contribution is -2.25. The van der Waals surface area contributed by atoms with Gasteiger partial charge in [-0.1, -0.05) is 13.8 Å². The van der Waals surface area contributed by atoms with Gasteiger partial charge in [0.05, 0.1) is 6.61 Å². The molecule has 0 saturated heterocycles. The van der Waals surface area contributed by atoms with Crippen LogP contribution in [0.3, 0.4) is 0 Å². The van der Waals surface area contributed by atoms with Crippen molar-refractivity contribution in [1.82, 2.24) is 0 Å². The van der Waals surface area contributed by atoms with Crippen molar-refractivity contribution in [3.63, 3.8) is 0 Å². The van der Waals surface area contributed by atoms with Crippen LogP contribution in [-0.2, 0) is 18.3 Å². The molecule has 2 heteroatoms. The Balaban J connectivity index is 2.72. The Hall–Kier alpha value is -1.02. The molecule has 1 aliphatic rings. The summed E-state index contributed by atoms with van der Waals surface area (Å²) < 4.78 is 0. The molecule has 0 spiro atoms. The highest BCUT2D eigenvalue weighted by Gasteiger charge is 2.30. The van der Waals surface area contributed by atoms with Crippen LogP contribution < -0.4 is 0 Å². The lowest BCUT2D eigenvalue weighted by molar-refractivity contribution is 0.214. The summed E-state index contributed by atoms with van der Waals surface area (Å²) in [7, 11) is 0. The molecule has 0 fully saturated rings. The van der Waals surface area contributed by atoms with Crippen molar-refractivity contribution in [1.29, 1.82) is 0 Å². The summed E-state index contributed by atoms with van der Waals surface area (Å²) in [5.41, 5.74) is 5.51. The van der Waals surface area contributed by atoms with Crippen molar-refractivity contribution in [3.8, 4) is 5.75 Å². The van der Waals surface area contributed by atoms with Crippen LogP contribution in [0.5, 0.6) is 5.75 Å². The fourth-order valence-corrected chi connectivity index (χ4v) is 3.30. The van der Waals surface area contributed by atoms with Crippen LogP contribution in [-0.4, -0.2) is 16.8 Å². The molecule has 2 N–H and O–H groups in total. The number of fused-ring (bicyclic) bond motifs is 1. The molecule has 0 atom stereocenters. The summed E-state index contributed by atoms with van der Waals surface area (Å²) in [5, 5.41) is 20.1. The van der Waals surface area contributed by atoms with Gasteiger partial charge in [-0.05, 0) is 61.8 Å². The first-order valence-corrected chi connectivity index (χ1v) is 6.85. The van der Waals surface area contributed by atoms with E-state index in [0.29, 0.717) is 5.75 Å². The van der Waals surface area contributed by atoms with Crippen LogP contribution >= 0.6 is 0 Å². The van der Waals surface area contributed by atoms with Crippen LogP contribution in [0.1, 0.15) is 54.5 Å². The molecule has 0 aliphatic heterocycles. The number of phenols is 1. The standard InChI is InChI=1S/C16H24O2/c1-10-12-7-5-6-8-13(12)11(2)15(18)14(10)16(3,4)9-17/h17-18H,5-9H2,1-4H3. The molecule has 18 heavy (non-hydrogen) atoms. The summed E-state index contributed by atoms with van der Waals surface area (Å²) in [6.45, 7) is 8.14. The van der Waals surface area contributed by atoms with E-state index in [1.54, 1.807) is 0 Å². The molecular formula is C16H24O2. The second-order valence-electron chi connectivity index (χ2n) is 6.18. The minimum atomic E-state index is -0.384. The molecule has 0 bridgehead atoms. The number of aliphatic hydroxyl groups is 1. The van der Waals surface area contributed by atoms with E-state index < -0.39 is 0 Å². The highest BCUT2D eigenvalue weighted by Crippen LogP contribution is 2.42. The number of phenolic OH excluding ortho intramolecular Hbond substituents is 1. The number of hydrogen-bond donors (Lipinski definition) is 2. The fraction of sp³-hybridized carbons (Fsp3) is 0.625. The van der Waals surface area contributed by atoms with Crippen molar-refractivity contribution in [2.24, 2.45) is 0 Å². The number of aliphatic hydroxyl groups excluding tert-OH is 1. The van der Waals surface area contributed by atoms with Crippen molar-refractivity contribution in [3.05, 3.63) is 27.8 Å². The Morgan fingerprint density at radius 1 is 1.00 bits per heavy atom. The monoisotopic (exact) mass is 248 g/mol. The quantitative estimate of drug-likeness (QED) is 0.844. The van der Waals surface area contributed by atoms with Gasteiger partial charge < -0.3 is 10.2 Å². The lowest BCUT2D eigenvalue weighted by atomic mass is 9.75. The average molecular weight is 248 g/mol. The van der Waals surface area contributed by atoms with Crippen LogP contribution in [0.4, 0.5) is 0 Å². The zero-order valence-electron chi connectivity index (χ0n) is 11.9. The van der Waals surface area contributed by atoms with Crippen molar-refractivity contribution in [2.75, 3.05) is 6.61 Å². The number of benzene rings is 1. The summed E-state index contributed by atoms with van der Waals surface area (Å²) in [6.07, 6.45) is 4.64. The predicted molar refractivity (Wildman–Crippen MR) is 74.3 cm³/mol. The maximum Gasteiger partial charge on any atom is 0.122 e. The molecule has 1 aromatic rings. The molecule has 0 radical (unpaired) electrons. The first-order valence-electron chi connectivity index (χ1n) is 6.85. The van der Waals surface area contributed by atoms with Crippen molar-refractivity contribution >= 4 is 0 Å². The third-order valence-electron chi connectivity index (χ3n) is 4.41. The number of aromatic hydroxyl groups is 1. The van der Waals surface area contributed by atoms with Crippen LogP contribution in [0.2, 0.25) is 0 Å². The van der Waals surface area contributed by atoms with Gasteiger partial charge in [0.15, 0.2) is 0 Å². The van der Waals surface area contributed by atoms with Crippen LogP contribution in [0, 0.1) is 13.8 Å². The Labute approximate surface area is 110 Å². The number of hydrogen-bond acceptors (Lipinski definition) is 2. The summed E-state index contributed by atoms with van der Waals surface area (Å²) in [6, 6.07) is 0. The van der Waals surface area contributed by atoms with Gasteiger partial charge in [-0.2, -0.15) is 0 Å². The summed E-state index contributed by atoms with van der Waals surface area (Å²) >= 11 is 0. The third kappa shape index (κ3) is 1.93. The second kappa shape index (κ2) is 4.58. The normalized spacial score (nSPS) is 15.6. The SMILES string of the molecule is Cc1c(O)c(C(C)(C)CO)c(C)c2c1CCCC2. The molecule has 0 aromatic heterocycles. The molecule has 100 valence electrons. The van der Waals surface area contributed by atoms with E-state index in [-0.39, 0.29) is 12.0 Å². The van der Waals surface area contributed by atoms with E-state index in [2.05, 4.69) is 6.92 Å². The fourth-order valence-electron chi connectivity index (χ4n) is 3.30. The van der Waals surface area contributed by atoms with E-state index in [0.717, 1.165) is 24.0 Å². The summed E-state index contributed by atoms with van der Waals surface area (Å²) in [4.78, 5) is 0. The van der Waals surface area contributed by atoms with Gasteiger partial charge in [0.2, 0.25) is 0 Å². The maximum absolute atomic E-state index is 10.5.